The third-order valence-electron chi connectivity index (χ3n) is 12.3. The quantitative estimate of drug-likeness (QED) is 0.127. The van der Waals surface area contributed by atoms with Crippen molar-refractivity contribution >= 4 is 35.0 Å². The van der Waals surface area contributed by atoms with Gasteiger partial charge >= 0.3 is 0 Å². The van der Waals surface area contributed by atoms with E-state index in [1.807, 2.05) is 108 Å². The van der Waals surface area contributed by atoms with Gasteiger partial charge in [-0.15, -0.1) is 0 Å². The van der Waals surface area contributed by atoms with Crippen LogP contribution in [-0.2, 0) is 35.1 Å². The summed E-state index contributed by atoms with van der Waals surface area (Å²) in [6.45, 7) is 18.8. The molecule has 12 nitrogen and oxygen atoms in total. The summed E-state index contributed by atoms with van der Waals surface area (Å²) in [7, 11) is 9.05. The number of likely N-dealkylation sites (N-methyl/N-ethyl adjacent to an activating group) is 1. The summed E-state index contributed by atoms with van der Waals surface area (Å²) in [6, 6.07) is 15.0. The minimum atomic E-state index is -0.850. The molecule has 0 bridgehead atoms. The van der Waals surface area contributed by atoms with Gasteiger partial charge in [-0.2, -0.15) is 0 Å². The van der Waals surface area contributed by atoms with Crippen LogP contribution in [0.5, 0.6) is 0 Å². The number of carbonyl (C=O) groups excluding carboxylic acids is 4. The van der Waals surface area contributed by atoms with E-state index in [0.717, 1.165) is 29.7 Å². The van der Waals surface area contributed by atoms with Crippen LogP contribution in [0, 0.1) is 30.6 Å². The van der Waals surface area contributed by atoms with Gasteiger partial charge in [0.2, 0.25) is 23.6 Å². The summed E-state index contributed by atoms with van der Waals surface area (Å²) in [6.07, 6.45) is 1.33. The van der Waals surface area contributed by atoms with Crippen molar-refractivity contribution in [2.45, 2.75) is 137 Å². The fourth-order valence-corrected chi connectivity index (χ4v) is 8.98. The number of nitrogens with zero attached hydrogens (tertiary/aromatic N) is 4. The van der Waals surface area contributed by atoms with Crippen LogP contribution in [0.3, 0.4) is 0 Å². The molecule has 1 aliphatic heterocycles. The molecule has 3 rings (SSSR count). The first-order valence-electron chi connectivity index (χ1n) is 21.9. The number of ether oxygens (including phenoxy) is 2. The van der Waals surface area contributed by atoms with Gasteiger partial charge < -0.3 is 34.8 Å². The van der Waals surface area contributed by atoms with E-state index in [2.05, 4.69) is 43.2 Å². The number of aliphatic imine (C=N–C) groups is 1. The van der Waals surface area contributed by atoms with Crippen LogP contribution >= 0.6 is 0 Å². The normalized spacial score (nSPS) is 18.7. The van der Waals surface area contributed by atoms with E-state index in [-0.39, 0.29) is 60.0 Å². The molecule has 0 unspecified atom stereocenters. The molecule has 0 aromatic heterocycles. The first-order valence-corrected chi connectivity index (χ1v) is 21.9. The topological polar surface area (TPSA) is 133 Å². The predicted octanol–water partition coefficient (Wildman–Crippen LogP) is 6.65. The number of hydrogen-bond acceptors (Lipinski definition) is 8. The van der Waals surface area contributed by atoms with Gasteiger partial charge in [0, 0.05) is 51.7 Å². The number of nitrogens with one attached hydrogen (secondary N) is 2. The van der Waals surface area contributed by atoms with Gasteiger partial charge in [-0.05, 0) is 76.2 Å². The van der Waals surface area contributed by atoms with Gasteiger partial charge in [-0.25, -0.2) is 0 Å². The number of anilines is 1. The zero-order valence-corrected chi connectivity index (χ0v) is 39.0. The van der Waals surface area contributed by atoms with Crippen molar-refractivity contribution in [1.82, 2.24) is 20.0 Å². The van der Waals surface area contributed by atoms with Crippen molar-refractivity contribution in [2.24, 2.45) is 28.7 Å². The monoisotopic (exact) mass is 833 g/mol. The lowest BCUT2D eigenvalue weighted by molar-refractivity contribution is -0.146. The highest BCUT2D eigenvalue weighted by atomic mass is 16.5. The number of amides is 4. The summed E-state index contributed by atoms with van der Waals surface area (Å²) >= 11 is 0. The minimum absolute atomic E-state index is 0.0247. The van der Waals surface area contributed by atoms with Crippen molar-refractivity contribution < 1.29 is 28.7 Å². The molecule has 1 aliphatic rings. The molecular formula is C48H76N6O6. The van der Waals surface area contributed by atoms with E-state index in [1.165, 1.54) is 0 Å². The SMILES string of the molecule is CC[C@H](C)[C@@H]([C@@H](CC(=O)N1CCC[C@H]1[C@H](OC)[C@@H](C)C(=O)N[C@@H](Cc1ccccc1)C(=O)Nc1ccc(C)cc1)OC)N(C)C(=O)[C@@H](N=C(C)[C@H](C(C)C)N(C)C)C(C)C. The van der Waals surface area contributed by atoms with Gasteiger partial charge in [0.1, 0.15) is 12.1 Å². The maximum Gasteiger partial charge on any atom is 0.247 e. The molecule has 1 saturated heterocycles. The second kappa shape index (κ2) is 23.8. The maximum atomic E-state index is 14.4. The van der Waals surface area contributed by atoms with Crippen LogP contribution in [0.25, 0.3) is 0 Å². The molecule has 60 heavy (non-hydrogen) atoms. The summed E-state index contributed by atoms with van der Waals surface area (Å²) in [5, 5.41) is 5.98. The van der Waals surface area contributed by atoms with E-state index < -0.39 is 30.2 Å². The molecular weight excluding hydrogens is 757 g/mol. The second-order valence-electron chi connectivity index (χ2n) is 17.8. The van der Waals surface area contributed by atoms with Crippen molar-refractivity contribution in [2.75, 3.05) is 47.2 Å². The maximum absolute atomic E-state index is 14.4. The molecule has 2 N–H and O–H groups in total. The van der Waals surface area contributed by atoms with Crippen LogP contribution in [0.15, 0.2) is 59.6 Å². The lowest BCUT2D eigenvalue weighted by Crippen LogP contribution is -2.55. The van der Waals surface area contributed by atoms with Crippen molar-refractivity contribution in [3.63, 3.8) is 0 Å². The highest BCUT2D eigenvalue weighted by Crippen LogP contribution is 2.30. The molecule has 2 aromatic carbocycles. The molecule has 0 spiro atoms. The Bertz CT molecular complexity index is 1690. The highest BCUT2D eigenvalue weighted by Gasteiger charge is 2.43. The Kier molecular flexibility index (Phi) is 19.9. The second-order valence-corrected chi connectivity index (χ2v) is 17.8. The minimum Gasteiger partial charge on any atom is -0.379 e. The number of methoxy groups -OCH3 is 2. The number of likely N-dealkylation sites (tertiary alicyclic amines) is 1. The standard InChI is InChI=1S/C48H76N6O6/c1-15-33(7)44(53(12)48(58)42(30(2)3)49-35(9)43(31(4)5)52(10)11)40(59-13)29-41(55)54-27-19-22-39(54)45(60-14)34(8)46(56)51-38(28-36-20-17-16-18-21-36)47(57)50-37-25-23-32(6)24-26-37/h16-18,20-21,23-26,30-31,33-34,38-40,42-45H,15,19,22,27-29H2,1-14H3,(H,50,57)(H,51,56)/t33-,34+,38-,39-,40+,42-,43-,44-,45+/m0/s1. The van der Waals surface area contributed by atoms with Crippen LogP contribution in [0.4, 0.5) is 5.69 Å². The van der Waals surface area contributed by atoms with Gasteiger partial charge in [0.15, 0.2) is 0 Å². The number of rotatable bonds is 22. The van der Waals surface area contributed by atoms with E-state index in [9.17, 15) is 19.2 Å². The summed E-state index contributed by atoms with van der Waals surface area (Å²) in [5.41, 5.74) is 3.54. The lowest BCUT2D eigenvalue weighted by atomic mass is 9.89. The van der Waals surface area contributed by atoms with Crippen LogP contribution in [0.2, 0.25) is 0 Å². The number of hydrogen-bond donors (Lipinski definition) is 2. The number of carbonyl (C=O) groups is 4. The van der Waals surface area contributed by atoms with E-state index in [4.69, 9.17) is 14.5 Å². The zero-order valence-electron chi connectivity index (χ0n) is 39.0. The van der Waals surface area contributed by atoms with Crippen molar-refractivity contribution in [3.05, 3.63) is 65.7 Å². The average Bonchev–Trinajstić information content (AvgIpc) is 3.69. The molecule has 9 atom stereocenters. The van der Waals surface area contributed by atoms with Crippen LogP contribution in [0.1, 0.15) is 92.2 Å². The third-order valence-corrected chi connectivity index (χ3v) is 12.3. The van der Waals surface area contributed by atoms with Crippen LogP contribution < -0.4 is 10.6 Å². The smallest absolute Gasteiger partial charge is 0.247 e. The summed E-state index contributed by atoms with van der Waals surface area (Å²) < 4.78 is 12.2. The molecule has 0 saturated carbocycles. The number of benzene rings is 2. The highest BCUT2D eigenvalue weighted by molar-refractivity contribution is 5.97. The average molecular weight is 833 g/mol. The first-order chi connectivity index (χ1) is 28.4. The number of aryl methyl sites for hydroxylation is 1. The summed E-state index contributed by atoms with van der Waals surface area (Å²) in [5.74, 6) is -1.26. The third kappa shape index (κ3) is 13.4. The summed E-state index contributed by atoms with van der Waals surface area (Å²) in [4.78, 5) is 67.4. The predicted molar refractivity (Wildman–Crippen MR) is 242 cm³/mol. The van der Waals surface area contributed by atoms with Gasteiger partial charge in [0.25, 0.3) is 0 Å². The Morgan fingerprint density at radius 1 is 0.883 bits per heavy atom. The van der Waals surface area contributed by atoms with Crippen molar-refractivity contribution in [3.8, 4) is 0 Å². The Morgan fingerprint density at radius 2 is 1.52 bits per heavy atom. The first kappa shape index (κ1) is 50.2. The van der Waals surface area contributed by atoms with Crippen LogP contribution in [-0.4, -0.2) is 128 Å². The molecule has 1 heterocycles. The molecule has 1 fully saturated rings. The fraction of sp³-hybridized carbons (Fsp3) is 0.646. The Balaban J connectivity index is 1.83. The largest absolute Gasteiger partial charge is 0.379 e. The zero-order chi connectivity index (χ0) is 44.8. The molecule has 0 radical (unpaired) electrons. The molecule has 334 valence electrons. The molecule has 2 aromatic rings. The van der Waals surface area contributed by atoms with Gasteiger partial charge in [0.05, 0.1) is 36.6 Å². The lowest BCUT2D eigenvalue weighted by Gasteiger charge is -2.40. The van der Waals surface area contributed by atoms with Crippen molar-refractivity contribution in [1.29, 1.82) is 0 Å². The Hall–Kier alpha value is -4.13. The Morgan fingerprint density at radius 3 is 2.05 bits per heavy atom. The molecule has 0 aliphatic carbocycles. The van der Waals surface area contributed by atoms with Gasteiger partial charge in [-0.1, -0.05) is 103 Å². The van der Waals surface area contributed by atoms with E-state index in [0.29, 0.717) is 31.0 Å². The molecule has 12 heteroatoms. The molecule has 4 amide bonds. The van der Waals surface area contributed by atoms with E-state index in [1.54, 1.807) is 26.0 Å². The Labute approximate surface area is 361 Å². The fourth-order valence-electron chi connectivity index (χ4n) is 8.98. The van der Waals surface area contributed by atoms with E-state index >= 15 is 0 Å². The van der Waals surface area contributed by atoms with Gasteiger partial charge in [-0.3, -0.25) is 24.2 Å².